The Morgan fingerprint density at radius 2 is 1.71 bits per heavy atom. The van der Waals surface area contributed by atoms with E-state index in [9.17, 15) is 22.8 Å². The molecule has 0 saturated carbocycles. The number of imidazole rings is 1. The summed E-state index contributed by atoms with van der Waals surface area (Å²) < 4.78 is 45.5. The van der Waals surface area contributed by atoms with E-state index in [4.69, 9.17) is 10.1 Å². The molecule has 0 spiro atoms. The lowest BCUT2D eigenvalue weighted by atomic mass is 9.82. The highest BCUT2D eigenvalue weighted by atomic mass is 19.4. The molecule has 2 heterocycles. The molecule has 0 unspecified atom stereocenters. The molecule has 0 N–H and O–H groups in total. The van der Waals surface area contributed by atoms with E-state index in [1.54, 1.807) is 58.0 Å². The fourth-order valence-corrected chi connectivity index (χ4v) is 4.49. The molecule has 11 heteroatoms. The van der Waals surface area contributed by atoms with Crippen molar-refractivity contribution >= 4 is 5.97 Å². The number of alkyl halides is 3. The predicted molar refractivity (Wildman–Crippen MR) is 133 cm³/mol. The van der Waals surface area contributed by atoms with E-state index >= 15 is 0 Å². The van der Waals surface area contributed by atoms with Gasteiger partial charge in [-0.05, 0) is 60.4 Å². The fourth-order valence-electron chi connectivity index (χ4n) is 4.49. The van der Waals surface area contributed by atoms with Crippen molar-refractivity contribution in [2.45, 2.75) is 46.2 Å². The van der Waals surface area contributed by atoms with E-state index in [2.05, 4.69) is 5.10 Å². The molecular weight excluding hydrogens is 499 g/mol. The van der Waals surface area contributed by atoms with Crippen molar-refractivity contribution in [1.29, 1.82) is 5.26 Å². The standard InChI is InChI=1S/C27H24F3N5O3/c1-16-24(22-13-14-32-34(22)19-11-9-18(15-31)10-12-19)35(38-17(2)36)25(37)33(16)21-8-6-7-20(27(28,29)30)23(21)26(3,4)5/h6-14H,1-5H3. The Kier molecular flexibility index (Phi) is 6.53. The molecule has 0 atom stereocenters. The molecule has 4 aromatic rings. The van der Waals surface area contributed by atoms with Gasteiger partial charge in [0.25, 0.3) is 0 Å². The number of hydrogen-bond acceptors (Lipinski definition) is 5. The molecule has 0 saturated heterocycles. The monoisotopic (exact) mass is 523 g/mol. The number of halogens is 3. The maximum Gasteiger partial charge on any atom is 0.416 e. The minimum Gasteiger partial charge on any atom is -0.332 e. The summed E-state index contributed by atoms with van der Waals surface area (Å²) in [6, 6.07) is 13.8. The first-order valence-electron chi connectivity index (χ1n) is 11.5. The van der Waals surface area contributed by atoms with Crippen molar-refractivity contribution in [1.82, 2.24) is 19.1 Å². The SMILES string of the molecule is CC(=O)On1c(-c2ccnn2-c2ccc(C#N)cc2)c(C)n(-c2cccc(C(F)(F)F)c2C(C)(C)C)c1=O. The van der Waals surface area contributed by atoms with E-state index in [1.165, 1.54) is 23.0 Å². The third-order valence-corrected chi connectivity index (χ3v) is 5.93. The van der Waals surface area contributed by atoms with Gasteiger partial charge in [0.2, 0.25) is 0 Å². The van der Waals surface area contributed by atoms with Gasteiger partial charge in [0.1, 0.15) is 5.69 Å². The molecule has 0 aliphatic carbocycles. The Labute approximate surface area is 216 Å². The van der Waals surface area contributed by atoms with Crippen molar-refractivity contribution in [3.8, 4) is 28.8 Å². The van der Waals surface area contributed by atoms with Gasteiger partial charge >= 0.3 is 17.8 Å². The number of nitrogens with zero attached hydrogens (tertiary/aromatic N) is 5. The Balaban J connectivity index is 2.06. The normalized spacial score (nSPS) is 11.9. The highest BCUT2D eigenvalue weighted by Crippen LogP contribution is 2.41. The van der Waals surface area contributed by atoms with Gasteiger partial charge in [0.05, 0.1) is 46.2 Å². The van der Waals surface area contributed by atoms with E-state index in [-0.39, 0.29) is 22.6 Å². The van der Waals surface area contributed by atoms with Crippen LogP contribution < -0.4 is 10.5 Å². The van der Waals surface area contributed by atoms with Crippen LogP contribution in [0, 0.1) is 18.3 Å². The summed E-state index contributed by atoms with van der Waals surface area (Å²) in [5.41, 5.74) is -1.09. The maximum absolute atomic E-state index is 14.1. The molecular formula is C27H24F3N5O3. The third-order valence-electron chi connectivity index (χ3n) is 5.93. The Bertz CT molecular complexity index is 1630. The molecule has 0 aliphatic rings. The fraction of sp³-hybridized carbons (Fsp3) is 0.259. The molecule has 8 nitrogen and oxygen atoms in total. The van der Waals surface area contributed by atoms with Crippen LogP contribution in [-0.4, -0.2) is 25.0 Å². The van der Waals surface area contributed by atoms with Gasteiger partial charge in [-0.2, -0.15) is 23.5 Å². The second-order valence-electron chi connectivity index (χ2n) is 9.66. The second kappa shape index (κ2) is 9.37. The molecule has 0 aliphatic heterocycles. The Hall–Kier alpha value is -4.59. The summed E-state index contributed by atoms with van der Waals surface area (Å²) in [5, 5.41) is 13.4. The molecule has 2 aromatic heterocycles. The Morgan fingerprint density at radius 1 is 1.05 bits per heavy atom. The number of hydrogen-bond donors (Lipinski definition) is 0. The van der Waals surface area contributed by atoms with Crippen molar-refractivity contribution in [2.24, 2.45) is 0 Å². The number of benzene rings is 2. The van der Waals surface area contributed by atoms with E-state index < -0.39 is 28.8 Å². The van der Waals surface area contributed by atoms with Gasteiger partial charge in [0, 0.05) is 6.92 Å². The quantitative estimate of drug-likeness (QED) is 0.377. The predicted octanol–water partition coefficient (Wildman–Crippen LogP) is 4.96. The number of nitriles is 1. The lowest BCUT2D eigenvalue weighted by Crippen LogP contribution is -2.33. The van der Waals surface area contributed by atoms with Crippen LogP contribution >= 0.6 is 0 Å². The summed E-state index contributed by atoms with van der Waals surface area (Å²) in [5.74, 6) is -0.796. The van der Waals surface area contributed by atoms with Crippen molar-refractivity contribution in [3.05, 3.63) is 87.6 Å². The zero-order valence-corrected chi connectivity index (χ0v) is 21.3. The molecule has 2 aromatic carbocycles. The first-order chi connectivity index (χ1) is 17.8. The lowest BCUT2D eigenvalue weighted by molar-refractivity contribution is -0.141. The smallest absolute Gasteiger partial charge is 0.332 e. The van der Waals surface area contributed by atoms with Crippen LogP contribution in [0.2, 0.25) is 0 Å². The number of carbonyl (C=O) groups is 1. The highest BCUT2D eigenvalue weighted by molar-refractivity contribution is 5.68. The first-order valence-corrected chi connectivity index (χ1v) is 11.5. The molecule has 0 amide bonds. The average Bonchev–Trinajstić information content (AvgIpc) is 3.39. The summed E-state index contributed by atoms with van der Waals surface area (Å²) in [6.07, 6.45) is -3.19. The molecule has 38 heavy (non-hydrogen) atoms. The van der Waals surface area contributed by atoms with Crippen LogP contribution in [0.3, 0.4) is 0 Å². The van der Waals surface area contributed by atoms with Gasteiger partial charge in [-0.25, -0.2) is 14.3 Å². The average molecular weight is 524 g/mol. The van der Waals surface area contributed by atoms with E-state index in [0.717, 1.165) is 22.3 Å². The Morgan fingerprint density at radius 3 is 2.26 bits per heavy atom. The van der Waals surface area contributed by atoms with Crippen molar-refractivity contribution in [2.75, 3.05) is 0 Å². The van der Waals surface area contributed by atoms with Crippen molar-refractivity contribution < 1.29 is 22.8 Å². The molecule has 0 fully saturated rings. The zero-order valence-electron chi connectivity index (χ0n) is 21.3. The molecule has 0 radical (unpaired) electrons. The zero-order chi connectivity index (χ0) is 28.0. The van der Waals surface area contributed by atoms with Crippen LogP contribution in [0.1, 0.15) is 50.1 Å². The first kappa shape index (κ1) is 26.5. The number of aromatic nitrogens is 4. The van der Waals surface area contributed by atoms with Crippen LogP contribution in [0.25, 0.3) is 22.8 Å². The van der Waals surface area contributed by atoms with Gasteiger partial charge in [0.15, 0.2) is 0 Å². The van der Waals surface area contributed by atoms with Gasteiger partial charge < -0.3 is 4.84 Å². The molecule has 0 bridgehead atoms. The summed E-state index contributed by atoms with van der Waals surface area (Å²) in [6.45, 7) is 7.56. The highest BCUT2D eigenvalue weighted by Gasteiger charge is 2.39. The van der Waals surface area contributed by atoms with Gasteiger partial charge in [-0.1, -0.05) is 26.8 Å². The largest absolute Gasteiger partial charge is 0.416 e. The maximum atomic E-state index is 14.1. The number of rotatable bonds is 4. The van der Waals surface area contributed by atoms with Crippen molar-refractivity contribution in [3.63, 3.8) is 0 Å². The third kappa shape index (κ3) is 4.61. The van der Waals surface area contributed by atoms with Crippen LogP contribution in [-0.2, 0) is 16.4 Å². The van der Waals surface area contributed by atoms with Crippen LogP contribution in [0.5, 0.6) is 0 Å². The lowest BCUT2D eigenvalue weighted by Gasteiger charge is -2.27. The topological polar surface area (TPSA) is 94.8 Å². The van der Waals surface area contributed by atoms with E-state index in [0.29, 0.717) is 16.9 Å². The van der Waals surface area contributed by atoms with E-state index in [1.807, 2.05) is 6.07 Å². The summed E-state index contributed by atoms with van der Waals surface area (Å²) in [4.78, 5) is 31.0. The van der Waals surface area contributed by atoms with Gasteiger partial charge in [-0.15, -0.1) is 4.73 Å². The second-order valence-corrected chi connectivity index (χ2v) is 9.66. The summed E-state index contributed by atoms with van der Waals surface area (Å²) >= 11 is 0. The van der Waals surface area contributed by atoms with Gasteiger partial charge in [-0.3, -0.25) is 4.57 Å². The molecule has 196 valence electrons. The molecule has 4 rings (SSSR count). The summed E-state index contributed by atoms with van der Waals surface area (Å²) in [7, 11) is 0. The number of carbonyl (C=O) groups excluding carboxylic acids is 1. The van der Waals surface area contributed by atoms with Crippen LogP contribution in [0.15, 0.2) is 59.5 Å². The minimum absolute atomic E-state index is 0.0198. The minimum atomic E-state index is -4.66. The van der Waals surface area contributed by atoms with Crippen LogP contribution in [0.4, 0.5) is 13.2 Å².